The zero-order valence-corrected chi connectivity index (χ0v) is 25.2. The van der Waals surface area contributed by atoms with Gasteiger partial charge in [-0.3, -0.25) is 0 Å². The molecule has 9 unspecified atom stereocenters. The summed E-state index contributed by atoms with van der Waals surface area (Å²) in [5.74, 6) is 0.690. The molecule has 45 heavy (non-hydrogen) atoms. The molecule has 9 atom stereocenters. The van der Waals surface area contributed by atoms with Crippen LogP contribution in [0.4, 0.5) is 0 Å². The average molecular weight is 635 g/mol. The van der Waals surface area contributed by atoms with E-state index in [1.54, 1.807) is 6.07 Å². The quantitative estimate of drug-likeness (QED) is 0.199. The predicted octanol–water partition coefficient (Wildman–Crippen LogP) is 0.543. The first kappa shape index (κ1) is 33.4. The van der Waals surface area contributed by atoms with Gasteiger partial charge >= 0.3 is 0 Å². The van der Waals surface area contributed by atoms with Crippen LogP contribution < -0.4 is 14.2 Å². The molecule has 1 aliphatic carbocycles. The molecule has 2 aromatic rings. The van der Waals surface area contributed by atoms with Gasteiger partial charge in [0.2, 0.25) is 12.0 Å². The number of rotatable bonds is 8. The largest absolute Gasteiger partial charge is 0.507 e. The van der Waals surface area contributed by atoms with Gasteiger partial charge in [-0.15, -0.1) is 0 Å². The molecule has 2 aliphatic heterocycles. The zero-order valence-electron chi connectivity index (χ0n) is 25.2. The van der Waals surface area contributed by atoms with Crippen LogP contribution in [0.3, 0.4) is 0 Å². The Labute approximate surface area is 260 Å². The minimum atomic E-state index is -1.70. The van der Waals surface area contributed by atoms with Crippen LogP contribution in [0.25, 0.3) is 11.1 Å². The maximum absolute atomic E-state index is 10.9. The number of aliphatic hydroxyl groups excluding tert-OH is 6. The Kier molecular flexibility index (Phi) is 10.9. The van der Waals surface area contributed by atoms with Crippen molar-refractivity contribution in [1.29, 1.82) is 0 Å². The third-order valence-corrected chi connectivity index (χ3v) is 8.44. The Hall–Kier alpha value is -2.98. The lowest BCUT2D eigenvalue weighted by atomic mass is 9.95. The van der Waals surface area contributed by atoms with Crippen molar-refractivity contribution in [3.8, 4) is 34.1 Å². The van der Waals surface area contributed by atoms with Crippen LogP contribution in [-0.4, -0.2) is 118 Å². The minimum Gasteiger partial charge on any atom is -0.507 e. The van der Waals surface area contributed by atoms with Crippen molar-refractivity contribution >= 4 is 0 Å². The number of aliphatic hydroxyl groups is 6. The summed E-state index contributed by atoms with van der Waals surface area (Å²) < 4.78 is 34.5. The lowest BCUT2D eigenvalue weighted by Gasteiger charge is -2.40. The molecule has 7 N–H and O–H groups in total. The van der Waals surface area contributed by atoms with Crippen LogP contribution in [-0.2, 0) is 27.1 Å². The zero-order chi connectivity index (χ0) is 32.2. The highest BCUT2D eigenvalue weighted by Crippen LogP contribution is 2.50. The van der Waals surface area contributed by atoms with E-state index in [0.29, 0.717) is 29.5 Å². The van der Waals surface area contributed by atoms with E-state index >= 15 is 0 Å². The molecule has 4 bridgehead atoms. The van der Waals surface area contributed by atoms with Gasteiger partial charge in [0.05, 0.1) is 27.4 Å². The van der Waals surface area contributed by atoms with Crippen LogP contribution in [0.2, 0.25) is 0 Å². The van der Waals surface area contributed by atoms with E-state index in [1.165, 1.54) is 14.2 Å². The highest BCUT2D eigenvalue weighted by Gasteiger charge is 2.48. The molecular weight excluding hydrogens is 592 g/mol. The van der Waals surface area contributed by atoms with Crippen molar-refractivity contribution in [2.75, 3.05) is 27.4 Å². The molecule has 2 saturated heterocycles. The molecule has 0 amide bonds. The molecule has 2 heterocycles. The van der Waals surface area contributed by atoms with E-state index in [1.807, 2.05) is 18.2 Å². The number of aromatic hydroxyl groups is 1. The lowest BCUT2D eigenvalue weighted by molar-refractivity contribution is -0.290. The summed E-state index contributed by atoms with van der Waals surface area (Å²) in [7, 11) is 2.89. The fraction of sp³-hybridized carbons (Fsp3) is 0.562. The molecule has 248 valence electrons. The van der Waals surface area contributed by atoms with Crippen LogP contribution >= 0.6 is 0 Å². The van der Waals surface area contributed by atoms with Gasteiger partial charge in [0, 0.05) is 11.1 Å². The first-order valence-electron chi connectivity index (χ1n) is 15.0. The van der Waals surface area contributed by atoms with Crippen molar-refractivity contribution < 1.29 is 64.2 Å². The molecule has 0 spiro atoms. The van der Waals surface area contributed by atoms with Gasteiger partial charge in [-0.2, -0.15) is 0 Å². The molecule has 13 nitrogen and oxygen atoms in total. The van der Waals surface area contributed by atoms with E-state index < -0.39 is 68.5 Å². The SMILES string of the molecule is COc1c2cc(c(OC3OC(COC4OC(CO)C(O)C4O)C(O)C(O)C3O)c1OC)CCCCC=CCc1ccc(O)c-2c1. The number of hydrogen-bond donors (Lipinski definition) is 7. The number of ether oxygens (including phenoxy) is 6. The van der Waals surface area contributed by atoms with Crippen LogP contribution in [0.5, 0.6) is 23.0 Å². The number of phenols is 1. The van der Waals surface area contributed by atoms with Crippen LogP contribution in [0.15, 0.2) is 36.4 Å². The van der Waals surface area contributed by atoms with Gasteiger partial charge in [-0.25, -0.2) is 0 Å². The Balaban J connectivity index is 1.46. The third kappa shape index (κ3) is 6.92. The van der Waals surface area contributed by atoms with E-state index in [-0.39, 0.29) is 23.0 Å². The highest BCUT2D eigenvalue weighted by atomic mass is 16.7. The monoisotopic (exact) mass is 634 g/mol. The van der Waals surface area contributed by atoms with Crippen molar-refractivity contribution in [1.82, 2.24) is 0 Å². The van der Waals surface area contributed by atoms with Gasteiger partial charge in [0.25, 0.3) is 0 Å². The van der Waals surface area contributed by atoms with Gasteiger partial charge < -0.3 is 64.2 Å². The van der Waals surface area contributed by atoms with E-state index in [2.05, 4.69) is 12.2 Å². The lowest BCUT2D eigenvalue weighted by Crippen LogP contribution is -2.60. The summed E-state index contributed by atoms with van der Waals surface area (Å²) >= 11 is 0. The Morgan fingerprint density at radius 3 is 2.18 bits per heavy atom. The fourth-order valence-electron chi connectivity index (χ4n) is 5.88. The van der Waals surface area contributed by atoms with Crippen molar-refractivity contribution in [3.63, 3.8) is 0 Å². The van der Waals surface area contributed by atoms with E-state index in [0.717, 1.165) is 24.8 Å². The van der Waals surface area contributed by atoms with Gasteiger partial charge in [0.1, 0.15) is 48.5 Å². The first-order chi connectivity index (χ1) is 21.7. The van der Waals surface area contributed by atoms with Crippen molar-refractivity contribution in [2.24, 2.45) is 0 Å². The number of phenolic OH excluding ortho intramolecular Hbond substituents is 1. The number of fused-ring (bicyclic) bond motifs is 5. The molecule has 2 aromatic carbocycles. The fourth-order valence-corrected chi connectivity index (χ4v) is 5.88. The number of hydrogen-bond acceptors (Lipinski definition) is 13. The number of benzene rings is 2. The summed E-state index contributed by atoms with van der Waals surface area (Å²) in [6.45, 7) is -0.970. The second kappa shape index (κ2) is 14.6. The summed E-state index contributed by atoms with van der Waals surface area (Å²) in [6, 6.07) is 7.22. The molecule has 0 aromatic heterocycles. The molecule has 0 radical (unpaired) electrons. The van der Waals surface area contributed by atoms with Gasteiger partial charge in [0.15, 0.2) is 17.8 Å². The molecule has 3 aliphatic rings. The van der Waals surface area contributed by atoms with Crippen LogP contribution in [0, 0.1) is 0 Å². The summed E-state index contributed by atoms with van der Waals surface area (Å²) in [6.07, 6.45) is -5.02. The summed E-state index contributed by atoms with van der Waals surface area (Å²) in [5, 5.41) is 72.7. The Bertz CT molecular complexity index is 1330. The molecule has 0 saturated carbocycles. The number of methoxy groups -OCH3 is 2. The number of allylic oxidation sites excluding steroid dienone is 2. The second-order valence-electron chi connectivity index (χ2n) is 11.4. The van der Waals surface area contributed by atoms with Crippen molar-refractivity contribution in [3.05, 3.63) is 47.5 Å². The minimum absolute atomic E-state index is 0.0535. The maximum atomic E-state index is 10.9. The molecule has 5 rings (SSSR count). The normalized spacial score (nSPS) is 31.9. The molecule has 2 fully saturated rings. The average Bonchev–Trinajstić information content (AvgIpc) is 3.32. The van der Waals surface area contributed by atoms with Gasteiger partial charge in [-0.1, -0.05) is 18.2 Å². The maximum Gasteiger partial charge on any atom is 0.229 e. The van der Waals surface area contributed by atoms with Gasteiger partial charge in [-0.05, 0) is 61.4 Å². The molecule has 13 heteroatoms. The summed E-state index contributed by atoms with van der Waals surface area (Å²) in [5.41, 5.74) is 2.78. The standard InChI is InChI=1S/C32H42O13/c1-40-29-19-13-17(9-7-5-3-4-6-8-16-10-11-20(34)18(19)12-16)28(30(29)41-2)45-32-27(39)25(37)24(36)22(44-32)15-42-31-26(38)23(35)21(14-33)43-31/h4,6,10-13,21-27,31-39H,3,5,7-9,14-15H2,1-2H3. The highest BCUT2D eigenvalue weighted by molar-refractivity contribution is 5.81. The number of aryl methyl sites for hydroxylation is 1. The molecular formula is C32H42O13. The smallest absolute Gasteiger partial charge is 0.229 e. The van der Waals surface area contributed by atoms with Crippen molar-refractivity contribution in [2.45, 2.75) is 87.4 Å². The topological polar surface area (TPSA) is 197 Å². The predicted molar refractivity (Wildman–Crippen MR) is 158 cm³/mol. The second-order valence-corrected chi connectivity index (χ2v) is 11.4. The van der Waals surface area contributed by atoms with E-state index in [9.17, 15) is 35.7 Å². The Morgan fingerprint density at radius 2 is 1.47 bits per heavy atom. The van der Waals surface area contributed by atoms with E-state index in [4.69, 9.17) is 28.4 Å². The first-order valence-corrected chi connectivity index (χ1v) is 15.0. The summed E-state index contributed by atoms with van der Waals surface area (Å²) in [4.78, 5) is 0. The van der Waals surface area contributed by atoms with Crippen LogP contribution in [0.1, 0.15) is 30.4 Å². The third-order valence-electron chi connectivity index (χ3n) is 8.44. The Morgan fingerprint density at radius 1 is 0.756 bits per heavy atom.